The molecular weight excluding hydrogens is 342 g/mol. The van der Waals surface area contributed by atoms with Gasteiger partial charge in [0.05, 0.1) is 13.3 Å². The third-order valence-corrected chi connectivity index (χ3v) is 4.01. The van der Waals surface area contributed by atoms with E-state index in [1.807, 2.05) is 19.1 Å². The van der Waals surface area contributed by atoms with Crippen molar-refractivity contribution in [3.8, 4) is 11.5 Å². The molecule has 0 aliphatic carbocycles. The lowest BCUT2D eigenvalue weighted by atomic mass is 10.1. The van der Waals surface area contributed by atoms with Gasteiger partial charge in [-0.3, -0.25) is 14.2 Å². The highest BCUT2D eigenvalue weighted by Crippen LogP contribution is 2.36. The third-order valence-electron chi connectivity index (χ3n) is 3.76. The van der Waals surface area contributed by atoms with E-state index in [9.17, 15) is 9.59 Å². The molecule has 0 atom stereocenters. The number of methoxy groups -OCH3 is 1. The first kappa shape index (κ1) is 17.0. The summed E-state index contributed by atoms with van der Waals surface area (Å²) >= 11 is 5.89. The van der Waals surface area contributed by atoms with Crippen molar-refractivity contribution in [2.75, 3.05) is 7.11 Å². The van der Waals surface area contributed by atoms with E-state index in [-0.39, 0.29) is 5.91 Å². The summed E-state index contributed by atoms with van der Waals surface area (Å²) in [5.41, 5.74) is 1.93. The van der Waals surface area contributed by atoms with Crippen LogP contribution in [0.1, 0.15) is 22.8 Å². The van der Waals surface area contributed by atoms with Gasteiger partial charge in [-0.2, -0.15) is 0 Å². The maximum absolute atomic E-state index is 12.9. The number of aryl methyl sites for hydroxylation is 1. The van der Waals surface area contributed by atoms with E-state index in [4.69, 9.17) is 21.1 Å². The molecule has 6 heteroatoms. The fraction of sp³-hybridized carbons (Fsp3) is 0.158. The number of carbonyl (C=O) groups is 2. The van der Waals surface area contributed by atoms with Gasteiger partial charge in [0, 0.05) is 22.9 Å². The SMILES string of the molecule is COc1cc(C)cc2c(OC(C)=O)cn(C(=O)c3ccc(Cl)cc3)c12. The number of carbonyl (C=O) groups excluding carboxylic acids is 2. The lowest BCUT2D eigenvalue weighted by Gasteiger charge is -2.09. The van der Waals surface area contributed by atoms with Crippen LogP contribution in [0.4, 0.5) is 0 Å². The normalized spacial score (nSPS) is 10.7. The lowest BCUT2D eigenvalue weighted by molar-refractivity contribution is -0.131. The van der Waals surface area contributed by atoms with Crippen molar-refractivity contribution in [3.63, 3.8) is 0 Å². The molecule has 0 N–H and O–H groups in total. The Bertz CT molecular complexity index is 973. The second-order valence-electron chi connectivity index (χ2n) is 5.63. The van der Waals surface area contributed by atoms with Crippen LogP contribution in [0.25, 0.3) is 10.9 Å². The molecule has 128 valence electrons. The van der Waals surface area contributed by atoms with Crippen LogP contribution in [0.3, 0.4) is 0 Å². The summed E-state index contributed by atoms with van der Waals surface area (Å²) in [4.78, 5) is 24.4. The van der Waals surface area contributed by atoms with Gasteiger partial charge in [-0.25, -0.2) is 0 Å². The Morgan fingerprint density at radius 1 is 1.08 bits per heavy atom. The molecule has 0 saturated carbocycles. The number of benzene rings is 2. The third kappa shape index (κ3) is 3.23. The summed E-state index contributed by atoms with van der Waals surface area (Å²) in [6.45, 7) is 3.22. The van der Waals surface area contributed by atoms with Gasteiger partial charge >= 0.3 is 5.97 Å². The summed E-state index contributed by atoms with van der Waals surface area (Å²) in [6.07, 6.45) is 1.50. The molecule has 0 bridgehead atoms. The van der Waals surface area contributed by atoms with Crippen LogP contribution in [0.2, 0.25) is 5.02 Å². The molecule has 0 fully saturated rings. The van der Waals surface area contributed by atoms with E-state index in [0.717, 1.165) is 5.56 Å². The average molecular weight is 358 g/mol. The Hall–Kier alpha value is -2.79. The minimum absolute atomic E-state index is 0.276. The van der Waals surface area contributed by atoms with Crippen LogP contribution < -0.4 is 9.47 Å². The van der Waals surface area contributed by atoms with Gasteiger partial charge in [-0.1, -0.05) is 11.6 Å². The number of halogens is 1. The number of fused-ring (bicyclic) bond motifs is 1. The topological polar surface area (TPSA) is 57.5 Å². The van der Waals surface area contributed by atoms with Crippen molar-refractivity contribution in [1.82, 2.24) is 4.57 Å². The van der Waals surface area contributed by atoms with Crippen molar-refractivity contribution >= 4 is 34.4 Å². The Labute approximate surface area is 149 Å². The molecule has 1 aromatic heterocycles. The smallest absolute Gasteiger partial charge is 0.308 e. The maximum Gasteiger partial charge on any atom is 0.308 e. The molecule has 0 aliphatic heterocycles. The van der Waals surface area contributed by atoms with Crippen molar-refractivity contribution < 1.29 is 19.1 Å². The molecule has 0 spiro atoms. The molecule has 3 aromatic rings. The van der Waals surface area contributed by atoms with E-state index in [0.29, 0.717) is 33.0 Å². The van der Waals surface area contributed by atoms with Crippen LogP contribution in [-0.4, -0.2) is 23.6 Å². The second-order valence-corrected chi connectivity index (χ2v) is 6.07. The van der Waals surface area contributed by atoms with E-state index >= 15 is 0 Å². The fourth-order valence-electron chi connectivity index (χ4n) is 2.72. The van der Waals surface area contributed by atoms with Crippen LogP contribution >= 0.6 is 11.6 Å². The van der Waals surface area contributed by atoms with Crippen LogP contribution in [0.5, 0.6) is 11.5 Å². The predicted molar refractivity (Wildman–Crippen MR) is 95.7 cm³/mol. The Morgan fingerprint density at radius 2 is 1.76 bits per heavy atom. The van der Waals surface area contributed by atoms with Crippen molar-refractivity contribution in [3.05, 3.63) is 58.7 Å². The molecular formula is C19H16ClNO4. The van der Waals surface area contributed by atoms with Gasteiger partial charge in [-0.15, -0.1) is 0 Å². The first-order valence-electron chi connectivity index (χ1n) is 7.59. The van der Waals surface area contributed by atoms with Gasteiger partial charge in [0.1, 0.15) is 11.3 Å². The monoisotopic (exact) mass is 357 g/mol. The quantitative estimate of drug-likeness (QED) is 0.658. The zero-order chi connectivity index (χ0) is 18.1. The Morgan fingerprint density at radius 3 is 2.36 bits per heavy atom. The zero-order valence-corrected chi connectivity index (χ0v) is 14.8. The number of hydrogen-bond acceptors (Lipinski definition) is 4. The number of rotatable bonds is 3. The Kier molecular flexibility index (Phi) is 4.51. The standard InChI is InChI=1S/C19H16ClNO4/c1-11-8-15-17(25-12(2)22)10-21(18(15)16(9-11)24-3)19(23)13-4-6-14(20)7-5-13/h4-10H,1-3H3. The molecule has 3 rings (SSSR count). The average Bonchev–Trinajstić information content (AvgIpc) is 2.92. The van der Waals surface area contributed by atoms with Gasteiger partial charge in [-0.05, 0) is 48.9 Å². The number of ether oxygens (including phenoxy) is 2. The zero-order valence-electron chi connectivity index (χ0n) is 14.0. The second kappa shape index (κ2) is 6.61. The first-order chi connectivity index (χ1) is 11.9. The molecule has 1 heterocycles. The van der Waals surface area contributed by atoms with E-state index < -0.39 is 5.97 Å². The molecule has 0 unspecified atom stereocenters. The van der Waals surface area contributed by atoms with Gasteiger partial charge in [0.25, 0.3) is 5.91 Å². The van der Waals surface area contributed by atoms with Crippen LogP contribution in [0.15, 0.2) is 42.6 Å². The minimum atomic E-state index is -0.460. The maximum atomic E-state index is 12.9. The Balaban J connectivity index is 2.24. The highest BCUT2D eigenvalue weighted by molar-refractivity contribution is 6.30. The molecule has 25 heavy (non-hydrogen) atoms. The lowest BCUT2D eigenvalue weighted by Crippen LogP contribution is -2.11. The van der Waals surface area contributed by atoms with Crippen molar-refractivity contribution in [1.29, 1.82) is 0 Å². The van der Waals surface area contributed by atoms with E-state index in [2.05, 4.69) is 0 Å². The predicted octanol–water partition coefficient (Wildman–Crippen LogP) is 4.23. The fourth-order valence-corrected chi connectivity index (χ4v) is 2.84. The summed E-state index contributed by atoms with van der Waals surface area (Å²) in [6, 6.07) is 10.3. The first-order valence-corrected chi connectivity index (χ1v) is 7.97. The van der Waals surface area contributed by atoms with Crippen LogP contribution in [0, 0.1) is 6.92 Å². The van der Waals surface area contributed by atoms with Gasteiger partial charge in [0.2, 0.25) is 0 Å². The van der Waals surface area contributed by atoms with E-state index in [1.165, 1.54) is 24.8 Å². The molecule has 2 aromatic carbocycles. The van der Waals surface area contributed by atoms with Crippen molar-refractivity contribution in [2.24, 2.45) is 0 Å². The van der Waals surface area contributed by atoms with Gasteiger partial charge in [0.15, 0.2) is 5.75 Å². The molecule has 0 aliphatic rings. The summed E-state index contributed by atoms with van der Waals surface area (Å²) < 4.78 is 12.1. The number of aromatic nitrogens is 1. The number of nitrogens with zero attached hydrogens (tertiary/aromatic N) is 1. The summed E-state index contributed by atoms with van der Waals surface area (Å²) in [5, 5.41) is 1.18. The molecule has 0 radical (unpaired) electrons. The minimum Gasteiger partial charge on any atom is -0.495 e. The highest BCUT2D eigenvalue weighted by atomic mass is 35.5. The summed E-state index contributed by atoms with van der Waals surface area (Å²) in [5.74, 6) is 0.100. The van der Waals surface area contributed by atoms with Crippen LogP contribution in [-0.2, 0) is 4.79 Å². The molecule has 0 saturated heterocycles. The number of esters is 1. The van der Waals surface area contributed by atoms with Gasteiger partial charge < -0.3 is 9.47 Å². The van der Waals surface area contributed by atoms with Crippen molar-refractivity contribution in [2.45, 2.75) is 13.8 Å². The molecule has 0 amide bonds. The number of hydrogen-bond donors (Lipinski definition) is 0. The largest absolute Gasteiger partial charge is 0.495 e. The highest BCUT2D eigenvalue weighted by Gasteiger charge is 2.21. The van der Waals surface area contributed by atoms with E-state index in [1.54, 1.807) is 24.3 Å². The molecule has 5 nitrogen and oxygen atoms in total. The summed E-state index contributed by atoms with van der Waals surface area (Å²) in [7, 11) is 1.53.